The fourth-order valence-electron chi connectivity index (χ4n) is 11.0. The molecule has 8 rings (SSSR count). The molecule has 1 saturated carbocycles. The molecule has 22 nitrogen and oxygen atoms in total. The van der Waals surface area contributed by atoms with Crippen LogP contribution < -0.4 is 15.4 Å². The van der Waals surface area contributed by atoms with Gasteiger partial charge in [-0.3, -0.25) is 24.1 Å². The van der Waals surface area contributed by atoms with Crippen molar-refractivity contribution < 1.29 is 91.8 Å². The van der Waals surface area contributed by atoms with Gasteiger partial charge in [0, 0.05) is 75.0 Å². The second kappa shape index (κ2) is 21.9. The highest BCUT2D eigenvalue weighted by atomic mass is 16.7. The molecule has 9 atom stereocenters. The second-order valence-corrected chi connectivity index (χ2v) is 20.6. The Morgan fingerprint density at radius 3 is 2.37 bits per heavy atom. The van der Waals surface area contributed by atoms with Gasteiger partial charge in [0.15, 0.2) is 36.2 Å². The van der Waals surface area contributed by atoms with Gasteiger partial charge in [0.05, 0.1) is 42.6 Å². The summed E-state index contributed by atoms with van der Waals surface area (Å²) in [5.41, 5.74) is -4.60. The van der Waals surface area contributed by atoms with Crippen LogP contribution >= 0.6 is 0 Å². The third-order valence-electron chi connectivity index (χ3n) is 14.5. The van der Waals surface area contributed by atoms with Crippen LogP contribution in [-0.2, 0) is 58.7 Å². The molecular weight excluding hydrogens is 959 g/mol. The van der Waals surface area contributed by atoms with Crippen molar-refractivity contribution in [1.82, 2.24) is 15.5 Å². The number of aromatic hydroxyl groups is 2. The molecule has 400 valence electrons. The summed E-state index contributed by atoms with van der Waals surface area (Å²) in [5.74, 6) is -6.81. The van der Waals surface area contributed by atoms with Gasteiger partial charge in [-0.25, -0.2) is 9.59 Å². The third kappa shape index (κ3) is 11.2. The lowest BCUT2D eigenvalue weighted by molar-refractivity contribution is -0.258. The molecule has 0 unspecified atom stereocenters. The van der Waals surface area contributed by atoms with Crippen LogP contribution in [0.2, 0.25) is 0 Å². The molecule has 0 aromatic heterocycles. The molecule has 2 amide bonds. The number of aliphatic hydroxyl groups is 1. The van der Waals surface area contributed by atoms with E-state index in [0.29, 0.717) is 51.7 Å². The molecule has 3 saturated heterocycles. The number of aliphatic carboxylic acids is 1. The molecule has 3 heterocycles. The average Bonchev–Trinajstić information content (AvgIpc) is 3.73. The smallest absolute Gasteiger partial charge is 0.408 e. The van der Waals surface area contributed by atoms with Crippen LogP contribution in [0.15, 0.2) is 18.2 Å². The number of benzene rings is 2. The van der Waals surface area contributed by atoms with E-state index < -0.39 is 144 Å². The molecule has 73 heavy (non-hydrogen) atoms. The highest BCUT2D eigenvalue weighted by Crippen LogP contribution is 2.53. The largest absolute Gasteiger partial charge is 0.507 e. The highest BCUT2D eigenvalue weighted by molar-refractivity contribution is 6.31. The number of carboxylic acids is 1. The van der Waals surface area contributed by atoms with Gasteiger partial charge in [0.2, 0.25) is 11.7 Å². The zero-order valence-corrected chi connectivity index (χ0v) is 42.0. The number of Topliss-reactive ketones (excluding diaryl/α,β-unsaturated/α-hetero) is 1. The summed E-state index contributed by atoms with van der Waals surface area (Å²) in [6.45, 7) is 6.74. The number of ether oxygens (including phenoxy) is 9. The first-order valence-electron chi connectivity index (χ1n) is 24.9. The number of phenolic OH excluding ortho intramolecular Hbond substituents is 2. The number of ketones is 3. The maximum absolute atomic E-state index is 14.6. The molecule has 3 aliphatic carbocycles. The number of fused-ring (bicyclic) bond motifs is 6. The van der Waals surface area contributed by atoms with E-state index in [1.165, 1.54) is 32.4 Å². The number of methoxy groups -OCH3 is 2. The van der Waals surface area contributed by atoms with Gasteiger partial charge in [-0.15, -0.1) is 0 Å². The Morgan fingerprint density at radius 2 is 1.67 bits per heavy atom. The molecule has 6 N–H and O–H groups in total. The molecule has 0 spiro atoms. The van der Waals surface area contributed by atoms with E-state index in [2.05, 4.69) is 15.5 Å². The Hall–Kier alpha value is -5.30. The van der Waals surface area contributed by atoms with E-state index in [1.54, 1.807) is 20.8 Å². The first-order chi connectivity index (χ1) is 34.7. The minimum Gasteiger partial charge on any atom is -0.507 e. The van der Waals surface area contributed by atoms with Gasteiger partial charge in [-0.05, 0) is 65.9 Å². The second-order valence-electron chi connectivity index (χ2n) is 20.6. The van der Waals surface area contributed by atoms with Crippen LogP contribution in [0.25, 0.3) is 0 Å². The van der Waals surface area contributed by atoms with Crippen LogP contribution in [0, 0.1) is 0 Å². The summed E-state index contributed by atoms with van der Waals surface area (Å²) in [6.07, 6.45) is -2.66. The van der Waals surface area contributed by atoms with Crippen molar-refractivity contribution in [2.45, 2.75) is 165 Å². The van der Waals surface area contributed by atoms with E-state index in [4.69, 9.17) is 42.6 Å². The highest BCUT2D eigenvalue weighted by Gasteiger charge is 2.55. The predicted octanol–water partition coefficient (Wildman–Crippen LogP) is 3.68. The summed E-state index contributed by atoms with van der Waals surface area (Å²) in [6, 6.07) is 2.98. The van der Waals surface area contributed by atoms with Gasteiger partial charge >= 0.3 is 12.1 Å². The average molecular weight is 1030 g/mol. The SMILES string of the molecule is COc1cccc2c1C(=O)c1c(O)c3c(c(O)c1C2=O)C[C@@](O)(C(=O)COC1(OCC(=O)NCCCC[C@H](NC(=O)OC(C)(C)C)C(=O)O)CCCCC1)C[C@@H]3O[C@H]1C[C@H]2[C@H](O[C@@H]3[C@@H](OC)OCCN32)[C@H](C)O1. The van der Waals surface area contributed by atoms with Gasteiger partial charge in [0.1, 0.15) is 53.8 Å². The predicted molar refractivity (Wildman–Crippen MR) is 252 cm³/mol. The maximum Gasteiger partial charge on any atom is 0.408 e. The number of amides is 2. The number of alkyl carbamates (subject to hydrolysis) is 1. The Bertz CT molecular complexity index is 2450. The molecule has 6 aliphatic rings. The number of carboxylic acid groups (broad SMARTS) is 1. The van der Waals surface area contributed by atoms with E-state index in [9.17, 15) is 49.2 Å². The van der Waals surface area contributed by atoms with E-state index >= 15 is 0 Å². The number of hydrogen-bond acceptors (Lipinski definition) is 19. The first-order valence-corrected chi connectivity index (χ1v) is 24.9. The van der Waals surface area contributed by atoms with E-state index in [0.717, 1.165) is 6.42 Å². The lowest BCUT2D eigenvalue weighted by Crippen LogP contribution is -2.55. The van der Waals surface area contributed by atoms with Gasteiger partial charge < -0.3 is 73.7 Å². The summed E-state index contributed by atoms with van der Waals surface area (Å²) in [7, 11) is 2.86. The minimum absolute atomic E-state index is 0.0741. The number of morpholine rings is 1. The van der Waals surface area contributed by atoms with Crippen molar-refractivity contribution in [2.24, 2.45) is 0 Å². The lowest BCUT2D eigenvalue weighted by atomic mass is 9.72. The standard InChI is InChI=1S/C51H67N3O19/c1-26-44-30(54-19-20-67-47(66-6)45(54)72-44)21-35(70-26)71-32-23-50(64,22-28-37(32)43(60)39-38(41(28)58)40(57)27-13-12-15-31(65-5)36(27)42(39)59)33(55)24-68-51(16-9-7-10-17-51)69-25-34(56)52-18-11-8-14-29(46(61)62)53-48(63)73-49(2,3)4/h12-13,15,26,29-30,32,35,44-45,47,58,60,64H,7-11,14,16-25H2,1-6H3,(H,52,56)(H,53,63)(H,61,62)/t26-,29-,30-,32-,35-,44+,45+,47-,50-/m0/s1. The van der Waals surface area contributed by atoms with Gasteiger partial charge in [0.25, 0.3) is 0 Å². The Kier molecular flexibility index (Phi) is 16.2. The molecule has 2 aromatic carbocycles. The number of carbonyl (C=O) groups excluding carboxylic acids is 5. The van der Waals surface area contributed by atoms with Crippen molar-refractivity contribution in [3.05, 3.63) is 51.6 Å². The topological polar surface area (TPSA) is 294 Å². The lowest BCUT2D eigenvalue weighted by Gasteiger charge is -2.43. The van der Waals surface area contributed by atoms with Crippen LogP contribution in [0.5, 0.6) is 17.2 Å². The van der Waals surface area contributed by atoms with Crippen LogP contribution in [0.3, 0.4) is 0 Å². The summed E-state index contributed by atoms with van der Waals surface area (Å²) >= 11 is 0. The number of unbranched alkanes of at least 4 members (excludes halogenated alkanes) is 1. The number of nitrogens with one attached hydrogen (secondary N) is 2. The number of nitrogens with zero attached hydrogens (tertiary/aromatic N) is 1. The van der Waals surface area contributed by atoms with Gasteiger partial charge in [-0.1, -0.05) is 18.6 Å². The van der Waals surface area contributed by atoms with E-state index in [1.807, 2.05) is 6.92 Å². The van der Waals surface area contributed by atoms with Crippen molar-refractivity contribution in [2.75, 3.05) is 47.1 Å². The molecule has 4 fully saturated rings. The van der Waals surface area contributed by atoms with Crippen molar-refractivity contribution in [3.8, 4) is 17.2 Å². The van der Waals surface area contributed by atoms with Gasteiger partial charge in [-0.2, -0.15) is 0 Å². The fraction of sp³-hybridized carbons (Fsp3) is 0.647. The summed E-state index contributed by atoms with van der Waals surface area (Å²) in [5, 5.41) is 51.6. The Balaban J connectivity index is 0.986. The number of hydrogen-bond donors (Lipinski definition) is 6. The molecule has 0 radical (unpaired) electrons. The molecule has 2 aromatic rings. The van der Waals surface area contributed by atoms with Crippen molar-refractivity contribution >= 4 is 35.3 Å². The zero-order chi connectivity index (χ0) is 52.6. The maximum atomic E-state index is 14.6. The third-order valence-corrected chi connectivity index (χ3v) is 14.5. The summed E-state index contributed by atoms with van der Waals surface area (Å²) in [4.78, 5) is 82.1. The van der Waals surface area contributed by atoms with Crippen LogP contribution in [0.4, 0.5) is 4.79 Å². The molecule has 3 aliphatic heterocycles. The van der Waals surface area contributed by atoms with E-state index in [-0.39, 0.29) is 53.4 Å². The quantitative estimate of drug-likeness (QED) is 0.0602. The molecular formula is C51H67N3O19. The summed E-state index contributed by atoms with van der Waals surface area (Å²) < 4.78 is 53.7. The first kappa shape index (κ1) is 54.0. The van der Waals surface area contributed by atoms with Crippen molar-refractivity contribution in [3.63, 3.8) is 0 Å². The molecule has 0 bridgehead atoms. The number of phenols is 2. The fourth-order valence-corrected chi connectivity index (χ4v) is 11.0. The minimum atomic E-state index is -2.35. The Labute approximate surface area is 422 Å². The Morgan fingerprint density at radius 1 is 0.945 bits per heavy atom. The monoisotopic (exact) mass is 1030 g/mol. The number of carbonyl (C=O) groups is 6. The van der Waals surface area contributed by atoms with Crippen LogP contribution in [0.1, 0.15) is 141 Å². The zero-order valence-electron chi connectivity index (χ0n) is 42.0. The van der Waals surface area contributed by atoms with Crippen molar-refractivity contribution in [1.29, 1.82) is 0 Å². The number of rotatable bonds is 18. The molecule has 22 heteroatoms. The normalized spacial score (nSPS) is 27.8. The van der Waals surface area contributed by atoms with Crippen LogP contribution in [-0.4, -0.2) is 168 Å².